The molecule has 0 aliphatic heterocycles. The Morgan fingerprint density at radius 1 is 1.24 bits per heavy atom. The number of hydrogen-bond acceptors (Lipinski definition) is 2. The van der Waals surface area contributed by atoms with Crippen LogP contribution >= 0.6 is 23.2 Å². The number of benzene rings is 1. The quantitative estimate of drug-likeness (QED) is 0.826. The fraction of sp³-hybridized carbons (Fsp3) is 0.385. The SMILES string of the molecule is CCCNCc1oc2c(Cl)ccc(Cl)c2c1C. The van der Waals surface area contributed by atoms with Crippen LogP contribution in [0.25, 0.3) is 11.0 Å². The molecule has 0 aliphatic rings. The Morgan fingerprint density at radius 2 is 1.94 bits per heavy atom. The van der Waals surface area contributed by atoms with Crippen molar-refractivity contribution >= 4 is 34.2 Å². The van der Waals surface area contributed by atoms with Gasteiger partial charge in [0.1, 0.15) is 5.76 Å². The Bertz CT molecular complexity index is 534. The smallest absolute Gasteiger partial charge is 0.154 e. The fourth-order valence-corrected chi connectivity index (χ4v) is 2.36. The molecule has 17 heavy (non-hydrogen) atoms. The maximum atomic E-state index is 6.17. The van der Waals surface area contributed by atoms with Crippen molar-refractivity contribution in [1.82, 2.24) is 5.32 Å². The Morgan fingerprint density at radius 3 is 2.59 bits per heavy atom. The van der Waals surface area contributed by atoms with E-state index in [2.05, 4.69) is 12.2 Å². The highest BCUT2D eigenvalue weighted by Gasteiger charge is 2.15. The molecule has 1 aromatic carbocycles. The van der Waals surface area contributed by atoms with Crippen molar-refractivity contribution in [2.24, 2.45) is 0 Å². The summed E-state index contributed by atoms with van der Waals surface area (Å²) >= 11 is 12.3. The van der Waals surface area contributed by atoms with Gasteiger partial charge in [-0.05, 0) is 32.0 Å². The van der Waals surface area contributed by atoms with Crippen molar-refractivity contribution in [2.75, 3.05) is 6.54 Å². The molecule has 0 bridgehead atoms. The zero-order valence-electron chi connectivity index (χ0n) is 9.94. The van der Waals surface area contributed by atoms with Crippen LogP contribution in [-0.4, -0.2) is 6.54 Å². The van der Waals surface area contributed by atoms with Gasteiger partial charge >= 0.3 is 0 Å². The molecule has 1 aromatic heterocycles. The second-order valence-corrected chi connectivity index (χ2v) is 4.87. The van der Waals surface area contributed by atoms with Crippen LogP contribution in [0.1, 0.15) is 24.7 Å². The molecule has 0 aliphatic carbocycles. The van der Waals surface area contributed by atoms with Crippen LogP contribution < -0.4 is 5.32 Å². The second-order valence-electron chi connectivity index (χ2n) is 4.06. The number of rotatable bonds is 4. The van der Waals surface area contributed by atoms with E-state index in [0.717, 1.165) is 29.7 Å². The van der Waals surface area contributed by atoms with Gasteiger partial charge in [-0.3, -0.25) is 0 Å². The first kappa shape index (κ1) is 12.7. The van der Waals surface area contributed by atoms with Crippen LogP contribution in [0.15, 0.2) is 16.5 Å². The summed E-state index contributed by atoms with van der Waals surface area (Å²) < 4.78 is 5.78. The average molecular weight is 272 g/mol. The van der Waals surface area contributed by atoms with E-state index < -0.39 is 0 Å². The van der Waals surface area contributed by atoms with Gasteiger partial charge in [-0.1, -0.05) is 30.1 Å². The number of fused-ring (bicyclic) bond motifs is 1. The minimum Gasteiger partial charge on any atom is -0.458 e. The summed E-state index contributed by atoms with van der Waals surface area (Å²) in [5.41, 5.74) is 1.75. The largest absolute Gasteiger partial charge is 0.458 e. The van der Waals surface area contributed by atoms with Crippen LogP contribution in [0.5, 0.6) is 0 Å². The lowest BCUT2D eigenvalue weighted by molar-refractivity contribution is 0.510. The Kier molecular flexibility index (Phi) is 3.97. The molecular formula is C13H15Cl2NO. The molecule has 0 amide bonds. The van der Waals surface area contributed by atoms with Gasteiger partial charge in [0.15, 0.2) is 5.58 Å². The lowest BCUT2D eigenvalue weighted by Gasteiger charge is -2.00. The summed E-state index contributed by atoms with van der Waals surface area (Å²) in [6.45, 7) is 5.82. The maximum absolute atomic E-state index is 6.17. The van der Waals surface area contributed by atoms with Gasteiger partial charge < -0.3 is 9.73 Å². The molecule has 4 heteroatoms. The summed E-state index contributed by atoms with van der Waals surface area (Å²) in [5, 5.41) is 5.53. The predicted molar refractivity (Wildman–Crippen MR) is 73.0 cm³/mol. The van der Waals surface area contributed by atoms with Crippen LogP contribution in [0.3, 0.4) is 0 Å². The second kappa shape index (κ2) is 5.30. The number of aryl methyl sites for hydroxylation is 1. The monoisotopic (exact) mass is 271 g/mol. The van der Waals surface area contributed by atoms with Crippen LogP contribution in [0.4, 0.5) is 0 Å². The number of hydrogen-bond donors (Lipinski definition) is 1. The van der Waals surface area contributed by atoms with Gasteiger partial charge in [0.05, 0.1) is 16.6 Å². The van der Waals surface area contributed by atoms with E-state index in [9.17, 15) is 0 Å². The van der Waals surface area contributed by atoms with E-state index in [4.69, 9.17) is 27.6 Å². The lowest BCUT2D eigenvalue weighted by atomic mass is 10.1. The number of furan rings is 1. The van der Waals surface area contributed by atoms with Crippen molar-refractivity contribution in [3.05, 3.63) is 33.5 Å². The summed E-state index contributed by atoms with van der Waals surface area (Å²) in [7, 11) is 0. The van der Waals surface area contributed by atoms with Crippen LogP contribution in [0, 0.1) is 6.92 Å². The first-order valence-corrected chi connectivity index (χ1v) is 6.47. The Hall–Kier alpha value is -0.700. The van der Waals surface area contributed by atoms with E-state index in [1.807, 2.05) is 6.92 Å². The predicted octanol–water partition coefficient (Wildman–Crippen LogP) is 4.55. The molecule has 2 aromatic rings. The van der Waals surface area contributed by atoms with E-state index >= 15 is 0 Å². The molecule has 0 saturated heterocycles. The van der Waals surface area contributed by atoms with Gasteiger partial charge in [0.2, 0.25) is 0 Å². The molecule has 2 nitrogen and oxygen atoms in total. The van der Waals surface area contributed by atoms with Crippen molar-refractivity contribution in [3.8, 4) is 0 Å². The first-order valence-electron chi connectivity index (χ1n) is 5.71. The minimum atomic E-state index is 0.606. The van der Waals surface area contributed by atoms with Gasteiger partial charge in [0, 0.05) is 10.9 Å². The lowest BCUT2D eigenvalue weighted by Crippen LogP contribution is -2.13. The highest BCUT2D eigenvalue weighted by Crippen LogP contribution is 2.35. The fourth-order valence-electron chi connectivity index (χ4n) is 1.87. The molecule has 0 atom stereocenters. The summed E-state index contributed by atoms with van der Waals surface area (Å²) in [6, 6.07) is 3.57. The molecule has 0 fully saturated rings. The third-order valence-corrected chi connectivity index (χ3v) is 3.40. The summed E-state index contributed by atoms with van der Waals surface area (Å²) in [6.07, 6.45) is 1.10. The number of nitrogens with one attached hydrogen (secondary N) is 1. The number of halogens is 2. The molecule has 1 N–H and O–H groups in total. The van der Waals surface area contributed by atoms with Crippen molar-refractivity contribution in [3.63, 3.8) is 0 Å². The third kappa shape index (κ3) is 2.44. The summed E-state index contributed by atoms with van der Waals surface area (Å²) in [5.74, 6) is 0.906. The third-order valence-electron chi connectivity index (χ3n) is 2.79. The van der Waals surface area contributed by atoms with Gasteiger partial charge in [-0.25, -0.2) is 0 Å². The Balaban J connectivity index is 2.42. The highest BCUT2D eigenvalue weighted by molar-refractivity contribution is 6.40. The van der Waals surface area contributed by atoms with E-state index in [1.165, 1.54) is 0 Å². The van der Waals surface area contributed by atoms with Crippen LogP contribution in [0.2, 0.25) is 10.0 Å². The molecule has 2 rings (SSSR count). The molecule has 0 spiro atoms. The topological polar surface area (TPSA) is 25.2 Å². The zero-order chi connectivity index (χ0) is 12.4. The van der Waals surface area contributed by atoms with Gasteiger partial charge in [-0.15, -0.1) is 0 Å². The first-order chi connectivity index (χ1) is 8.15. The van der Waals surface area contributed by atoms with Crippen molar-refractivity contribution < 1.29 is 4.42 Å². The normalized spacial score (nSPS) is 11.3. The molecule has 1 heterocycles. The molecule has 0 saturated carbocycles. The molecule has 0 radical (unpaired) electrons. The van der Waals surface area contributed by atoms with E-state index in [1.54, 1.807) is 12.1 Å². The molecule has 92 valence electrons. The highest BCUT2D eigenvalue weighted by atomic mass is 35.5. The van der Waals surface area contributed by atoms with Gasteiger partial charge in [0.25, 0.3) is 0 Å². The van der Waals surface area contributed by atoms with Crippen molar-refractivity contribution in [2.45, 2.75) is 26.8 Å². The molecular weight excluding hydrogens is 257 g/mol. The van der Waals surface area contributed by atoms with Crippen molar-refractivity contribution in [1.29, 1.82) is 0 Å². The summed E-state index contributed by atoms with van der Waals surface area (Å²) in [4.78, 5) is 0. The van der Waals surface area contributed by atoms with E-state index in [-0.39, 0.29) is 0 Å². The average Bonchev–Trinajstić information content (AvgIpc) is 2.64. The van der Waals surface area contributed by atoms with Gasteiger partial charge in [-0.2, -0.15) is 0 Å². The minimum absolute atomic E-state index is 0.606. The maximum Gasteiger partial charge on any atom is 0.154 e. The Labute approximate surface area is 111 Å². The van der Waals surface area contributed by atoms with E-state index in [0.29, 0.717) is 22.2 Å². The standard InChI is InChI=1S/C13H15Cl2NO/c1-3-6-16-7-11-8(2)12-9(14)4-5-10(15)13(12)17-11/h4-5,16H,3,6-7H2,1-2H3. The zero-order valence-corrected chi connectivity index (χ0v) is 11.5. The molecule has 0 unspecified atom stereocenters. The van der Waals surface area contributed by atoms with Crippen LogP contribution in [-0.2, 0) is 6.54 Å².